The molecule has 17 heavy (non-hydrogen) atoms. The van der Waals surface area contributed by atoms with Crippen molar-refractivity contribution in [3.05, 3.63) is 0 Å². The third-order valence-electron chi connectivity index (χ3n) is 4.60. The second kappa shape index (κ2) is 5.73. The fourth-order valence-corrected chi connectivity index (χ4v) is 3.22. The molecule has 0 saturated carbocycles. The molecule has 1 heteroatoms. The molecule has 1 heterocycles. The van der Waals surface area contributed by atoms with Crippen LogP contribution in [0.5, 0.6) is 0 Å². The van der Waals surface area contributed by atoms with E-state index in [1.54, 1.807) is 0 Å². The Bertz CT molecular complexity index is 222. The minimum absolute atomic E-state index is 0.450. The van der Waals surface area contributed by atoms with Gasteiger partial charge in [-0.05, 0) is 49.1 Å². The second-order valence-corrected chi connectivity index (χ2v) is 7.82. The molecule has 1 fully saturated rings. The van der Waals surface area contributed by atoms with Crippen molar-refractivity contribution >= 4 is 0 Å². The van der Waals surface area contributed by atoms with Gasteiger partial charge in [0.25, 0.3) is 0 Å². The van der Waals surface area contributed by atoms with Crippen LogP contribution in [-0.4, -0.2) is 24.5 Å². The van der Waals surface area contributed by atoms with Crippen molar-refractivity contribution < 1.29 is 0 Å². The van der Waals surface area contributed by atoms with Crippen molar-refractivity contribution in [1.29, 1.82) is 0 Å². The molecule has 0 aromatic carbocycles. The van der Waals surface area contributed by atoms with Crippen molar-refractivity contribution in [2.45, 2.75) is 67.2 Å². The summed E-state index contributed by atoms with van der Waals surface area (Å²) in [5, 5.41) is 0. The lowest BCUT2D eigenvalue weighted by atomic mass is 9.69. The fourth-order valence-electron chi connectivity index (χ4n) is 3.22. The Balaban J connectivity index is 2.49. The standard InChI is InChI=1S/C16H33N/c1-14(2)16(5,6)12-15(3,4)13-17-10-8-7-9-11-17/h14H,7-13H2,1-6H3. The molecule has 1 aliphatic rings. The third-order valence-corrected chi connectivity index (χ3v) is 4.60. The van der Waals surface area contributed by atoms with Gasteiger partial charge < -0.3 is 4.90 Å². The van der Waals surface area contributed by atoms with Gasteiger partial charge in [0.1, 0.15) is 0 Å². The Morgan fingerprint density at radius 2 is 1.47 bits per heavy atom. The number of nitrogens with zero attached hydrogens (tertiary/aromatic N) is 1. The van der Waals surface area contributed by atoms with Crippen LogP contribution in [0.15, 0.2) is 0 Å². The fraction of sp³-hybridized carbons (Fsp3) is 1.00. The van der Waals surface area contributed by atoms with Gasteiger partial charge in [-0.3, -0.25) is 0 Å². The summed E-state index contributed by atoms with van der Waals surface area (Å²) >= 11 is 0. The van der Waals surface area contributed by atoms with Gasteiger partial charge >= 0.3 is 0 Å². The SMILES string of the molecule is CC(C)C(C)(C)CC(C)(C)CN1CCCCC1. The first-order chi connectivity index (χ1) is 7.73. The maximum Gasteiger partial charge on any atom is 0.00329 e. The van der Waals surface area contributed by atoms with E-state index >= 15 is 0 Å². The molecule has 0 unspecified atom stereocenters. The van der Waals surface area contributed by atoms with Crippen LogP contribution in [0.25, 0.3) is 0 Å². The van der Waals surface area contributed by atoms with E-state index in [0.717, 1.165) is 5.92 Å². The average Bonchev–Trinajstić information content (AvgIpc) is 2.16. The van der Waals surface area contributed by atoms with Crippen molar-refractivity contribution in [2.75, 3.05) is 19.6 Å². The lowest BCUT2D eigenvalue weighted by Crippen LogP contribution is -2.40. The minimum Gasteiger partial charge on any atom is -0.303 e. The summed E-state index contributed by atoms with van der Waals surface area (Å²) in [7, 11) is 0. The maximum absolute atomic E-state index is 2.68. The summed E-state index contributed by atoms with van der Waals surface area (Å²) in [6.45, 7) is 18.4. The van der Waals surface area contributed by atoms with E-state index in [0.29, 0.717) is 10.8 Å². The van der Waals surface area contributed by atoms with Crippen LogP contribution in [-0.2, 0) is 0 Å². The lowest BCUT2D eigenvalue weighted by molar-refractivity contribution is 0.0864. The van der Waals surface area contributed by atoms with E-state index in [9.17, 15) is 0 Å². The van der Waals surface area contributed by atoms with Gasteiger partial charge in [0.05, 0.1) is 0 Å². The van der Waals surface area contributed by atoms with Gasteiger partial charge in [-0.15, -0.1) is 0 Å². The first-order valence-corrected chi connectivity index (χ1v) is 7.45. The Morgan fingerprint density at radius 3 is 1.94 bits per heavy atom. The molecule has 0 aliphatic carbocycles. The maximum atomic E-state index is 2.68. The zero-order valence-electron chi connectivity index (χ0n) is 13.0. The van der Waals surface area contributed by atoms with Gasteiger partial charge in [-0.2, -0.15) is 0 Å². The predicted octanol–water partition coefficient (Wildman–Crippen LogP) is 4.57. The zero-order valence-corrected chi connectivity index (χ0v) is 13.0. The molecule has 0 bridgehead atoms. The normalized spacial score (nSPS) is 19.9. The first-order valence-electron chi connectivity index (χ1n) is 7.45. The monoisotopic (exact) mass is 239 g/mol. The van der Waals surface area contributed by atoms with Gasteiger partial charge in [-0.25, -0.2) is 0 Å². The average molecular weight is 239 g/mol. The van der Waals surface area contributed by atoms with Crippen molar-refractivity contribution in [1.82, 2.24) is 4.90 Å². The summed E-state index contributed by atoms with van der Waals surface area (Å²) in [5.74, 6) is 0.767. The number of hydrogen-bond acceptors (Lipinski definition) is 1. The van der Waals surface area contributed by atoms with Crippen molar-refractivity contribution in [2.24, 2.45) is 16.7 Å². The molecule has 0 aromatic rings. The van der Waals surface area contributed by atoms with E-state index in [2.05, 4.69) is 46.4 Å². The highest BCUT2D eigenvalue weighted by Crippen LogP contribution is 2.39. The highest BCUT2D eigenvalue weighted by molar-refractivity contribution is 4.84. The summed E-state index contributed by atoms with van der Waals surface area (Å²) in [4.78, 5) is 2.68. The highest BCUT2D eigenvalue weighted by atomic mass is 15.1. The zero-order chi connectivity index (χ0) is 13.1. The van der Waals surface area contributed by atoms with Crippen LogP contribution in [0.1, 0.15) is 67.2 Å². The van der Waals surface area contributed by atoms with Gasteiger partial charge in [0.2, 0.25) is 0 Å². The van der Waals surface area contributed by atoms with Crippen LogP contribution in [0.2, 0.25) is 0 Å². The molecule has 0 amide bonds. The van der Waals surface area contributed by atoms with Crippen LogP contribution < -0.4 is 0 Å². The Labute approximate surface area is 109 Å². The molecule has 0 aromatic heterocycles. The molecular weight excluding hydrogens is 206 g/mol. The summed E-state index contributed by atoms with van der Waals surface area (Å²) in [6, 6.07) is 0. The van der Waals surface area contributed by atoms with E-state index in [1.807, 2.05) is 0 Å². The molecule has 1 aliphatic heterocycles. The van der Waals surface area contributed by atoms with Crippen LogP contribution >= 0.6 is 0 Å². The van der Waals surface area contributed by atoms with Crippen molar-refractivity contribution in [3.63, 3.8) is 0 Å². The van der Waals surface area contributed by atoms with Crippen molar-refractivity contribution in [3.8, 4) is 0 Å². The third kappa shape index (κ3) is 4.99. The molecule has 0 atom stereocenters. The van der Waals surface area contributed by atoms with Crippen LogP contribution in [0.4, 0.5) is 0 Å². The van der Waals surface area contributed by atoms with E-state index in [4.69, 9.17) is 0 Å². The molecule has 1 nitrogen and oxygen atoms in total. The number of rotatable bonds is 5. The molecule has 1 saturated heterocycles. The summed E-state index contributed by atoms with van der Waals surface area (Å²) < 4.78 is 0. The van der Waals surface area contributed by atoms with Gasteiger partial charge in [-0.1, -0.05) is 48.0 Å². The Hall–Kier alpha value is -0.0400. The smallest absolute Gasteiger partial charge is 0.00329 e. The van der Waals surface area contributed by atoms with Gasteiger partial charge in [0, 0.05) is 6.54 Å². The molecule has 1 rings (SSSR count). The Morgan fingerprint density at radius 1 is 0.941 bits per heavy atom. The largest absolute Gasteiger partial charge is 0.303 e. The quantitative estimate of drug-likeness (QED) is 0.679. The molecule has 0 spiro atoms. The van der Waals surface area contributed by atoms with Gasteiger partial charge in [0.15, 0.2) is 0 Å². The van der Waals surface area contributed by atoms with E-state index < -0.39 is 0 Å². The van der Waals surface area contributed by atoms with E-state index in [-0.39, 0.29) is 0 Å². The summed E-state index contributed by atoms with van der Waals surface area (Å²) in [6.07, 6.45) is 5.58. The van der Waals surface area contributed by atoms with Crippen LogP contribution in [0.3, 0.4) is 0 Å². The Kier molecular flexibility index (Phi) is 5.07. The predicted molar refractivity (Wildman–Crippen MR) is 77.3 cm³/mol. The molecule has 102 valence electrons. The molecule has 0 N–H and O–H groups in total. The van der Waals surface area contributed by atoms with Crippen LogP contribution in [0, 0.1) is 16.7 Å². The lowest BCUT2D eigenvalue weighted by Gasteiger charge is -2.41. The summed E-state index contributed by atoms with van der Waals surface area (Å²) in [5.41, 5.74) is 0.907. The molecular formula is C16H33N. The number of hydrogen-bond donors (Lipinski definition) is 0. The first kappa shape index (κ1) is 15.0. The second-order valence-electron chi connectivity index (χ2n) is 7.82. The minimum atomic E-state index is 0.450. The van der Waals surface area contributed by atoms with E-state index in [1.165, 1.54) is 45.3 Å². The number of piperidine rings is 1. The number of likely N-dealkylation sites (tertiary alicyclic amines) is 1. The topological polar surface area (TPSA) is 3.24 Å². The highest BCUT2D eigenvalue weighted by Gasteiger charge is 2.32. The molecule has 0 radical (unpaired) electrons.